The summed E-state index contributed by atoms with van der Waals surface area (Å²) >= 11 is 0.973. The number of rotatable bonds is 5. The van der Waals surface area contributed by atoms with Gasteiger partial charge >= 0.3 is 5.97 Å². The number of benzene rings is 1. The number of carboxylic acids is 1. The number of ether oxygens (including phenoxy) is 1. The van der Waals surface area contributed by atoms with E-state index in [0.29, 0.717) is 22.8 Å². The van der Waals surface area contributed by atoms with Gasteiger partial charge in [0.1, 0.15) is 10.6 Å². The fraction of sp³-hybridized carbons (Fsp3) is 0.167. The zero-order chi connectivity index (χ0) is 18.0. The Kier molecular flexibility index (Phi) is 4.67. The van der Waals surface area contributed by atoms with Gasteiger partial charge in [-0.3, -0.25) is 9.20 Å². The van der Waals surface area contributed by atoms with E-state index in [2.05, 4.69) is 4.98 Å². The highest BCUT2D eigenvalue weighted by Gasteiger charge is 2.13. The first-order chi connectivity index (χ1) is 12.0. The van der Waals surface area contributed by atoms with Gasteiger partial charge in [-0.05, 0) is 37.6 Å². The van der Waals surface area contributed by atoms with Crippen molar-refractivity contribution in [2.45, 2.75) is 13.8 Å². The molecule has 1 aromatic carbocycles. The summed E-state index contributed by atoms with van der Waals surface area (Å²) in [7, 11) is 0. The van der Waals surface area contributed by atoms with Gasteiger partial charge in [0.15, 0.2) is 4.96 Å². The minimum atomic E-state index is -1.07. The first-order valence-electron chi connectivity index (χ1n) is 7.66. The van der Waals surface area contributed by atoms with Crippen molar-refractivity contribution in [3.63, 3.8) is 0 Å². The molecule has 0 aliphatic carbocycles. The highest BCUT2D eigenvalue weighted by atomic mass is 32.1. The molecular weight excluding hydrogens is 340 g/mol. The van der Waals surface area contributed by atoms with Crippen molar-refractivity contribution in [2.24, 2.45) is 0 Å². The number of hydrogen-bond donors (Lipinski definition) is 1. The second-order valence-corrected chi connectivity index (χ2v) is 6.32. The lowest BCUT2D eigenvalue weighted by Crippen LogP contribution is -2.17. The summed E-state index contributed by atoms with van der Waals surface area (Å²) in [5.41, 5.74) is 1.68. The average molecular weight is 356 g/mol. The molecule has 0 amide bonds. The first-order valence-corrected chi connectivity index (χ1v) is 8.48. The maximum absolute atomic E-state index is 12.4. The molecule has 2 aromatic heterocycles. The van der Waals surface area contributed by atoms with Crippen LogP contribution in [0, 0.1) is 6.92 Å². The Labute approximate surface area is 147 Å². The molecular formula is C18H16N2O4S. The van der Waals surface area contributed by atoms with E-state index >= 15 is 0 Å². The van der Waals surface area contributed by atoms with E-state index in [9.17, 15) is 9.59 Å². The van der Waals surface area contributed by atoms with Gasteiger partial charge in [-0.15, -0.1) is 0 Å². The lowest BCUT2D eigenvalue weighted by molar-refractivity contribution is 0.0701. The lowest BCUT2D eigenvalue weighted by Gasteiger charge is -2.03. The highest BCUT2D eigenvalue weighted by Crippen LogP contribution is 2.18. The van der Waals surface area contributed by atoms with Crippen LogP contribution in [0.5, 0.6) is 5.75 Å². The number of nitrogens with zero attached hydrogens (tertiary/aromatic N) is 2. The van der Waals surface area contributed by atoms with Gasteiger partial charge in [-0.1, -0.05) is 29.5 Å². The van der Waals surface area contributed by atoms with Crippen LogP contribution in [0.15, 0.2) is 35.3 Å². The Hall–Kier alpha value is -2.93. The third-order valence-electron chi connectivity index (χ3n) is 3.63. The molecule has 7 heteroatoms. The van der Waals surface area contributed by atoms with Crippen molar-refractivity contribution in [2.75, 3.05) is 6.61 Å². The fourth-order valence-corrected chi connectivity index (χ4v) is 3.14. The largest absolute Gasteiger partial charge is 0.494 e. The number of carbonyl (C=O) groups is 1. The fourth-order valence-electron chi connectivity index (χ4n) is 2.32. The molecule has 6 nitrogen and oxygen atoms in total. The summed E-state index contributed by atoms with van der Waals surface area (Å²) in [5, 5.41) is 9.07. The Morgan fingerprint density at radius 2 is 2.04 bits per heavy atom. The van der Waals surface area contributed by atoms with Crippen molar-refractivity contribution in [1.29, 1.82) is 0 Å². The molecule has 25 heavy (non-hydrogen) atoms. The number of carboxylic acid groups (broad SMARTS) is 1. The van der Waals surface area contributed by atoms with Crippen LogP contribution in [-0.2, 0) is 0 Å². The van der Waals surface area contributed by atoms with E-state index < -0.39 is 5.97 Å². The monoisotopic (exact) mass is 356 g/mol. The molecule has 0 bridgehead atoms. The van der Waals surface area contributed by atoms with Crippen LogP contribution in [0.3, 0.4) is 0 Å². The van der Waals surface area contributed by atoms with Gasteiger partial charge in [0.2, 0.25) is 0 Å². The minimum Gasteiger partial charge on any atom is -0.494 e. The summed E-state index contributed by atoms with van der Waals surface area (Å²) in [4.78, 5) is 28.3. The summed E-state index contributed by atoms with van der Waals surface area (Å²) in [6.07, 6.45) is 4.92. The predicted molar refractivity (Wildman–Crippen MR) is 97.6 cm³/mol. The van der Waals surface area contributed by atoms with Gasteiger partial charge in [0.05, 0.1) is 12.3 Å². The minimum absolute atomic E-state index is 0.0802. The first kappa shape index (κ1) is 16.9. The number of aromatic carboxylic acids is 1. The van der Waals surface area contributed by atoms with E-state index in [0.717, 1.165) is 22.6 Å². The van der Waals surface area contributed by atoms with Crippen molar-refractivity contribution >= 4 is 34.4 Å². The molecule has 0 aliphatic rings. The smallest absolute Gasteiger partial charge is 0.347 e. The van der Waals surface area contributed by atoms with E-state index in [-0.39, 0.29) is 10.4 Å². The Morgan fingerprint density at radius 1 is 1.32 bits per heavy atom. The molecule has 3 rings (SSSR count). The summed E-state index contributed by atoms with van der Waals surface area (Å²) in [6, 6.07) is 7.58. The van der Waals surface area contributed by atoms with Crippen molar-refractivity contribution < 1.29 is 14.6 Å². The van der Waals surface area contributed by atoms with Crippen LogP contribution in [0.1, 0.15) is 33.4 Å². The van der Waals surface area contributed by atoms with Crippen LogP contribution in [0.4, 0.5) is 0 Å². The molecule has 3 aromatic rings. The van der Waals surface area contributed by atoms with Crippen LogP contribution in [-0.4, -0.2) is 27.1 Å². The van der Waals surface area contributed by atoms with Crippen LogP contribution >= 0.6 is 11.3 Å². The van der Waals surface area contributed by atoms with Crippen LogP contribution < -0.4 is 10.3 Å². The Balaban J connectivity index is 1.96. The van der Waals surface area contributed by atoms with Crippen molar-refractivity contribution in [3.05, 3.63) is 62.5 Å². The van der Waals surface area contributed by atoms with Gasteiger partial charge in [0, 0.05) is 11.8 Å². The number of fused-ring (bicyclic) bond motifs is 1. The molecule has 0 unspecified atom stereocenters. The molecule has 2 heterocycles. The van der Waals surface area contributed by atoms with E-state index in [1.54, 1.807) is 13.0 Å². The van der Waals surface area contributed by atoms with Gasteiger partial charge in [-0.25, -0.2) is 9.78 Å². The normalized spacial score (nSPS) is 11.3. The van der Waals surface area contributed by atoms with Crippen molar-refractivity contribution in [1.82, 2.24) is 9.38 Å². The van der Waals surface area contributed by atoms with E-state index in [4.69, 9.17) is 9.84 Å². The number of aromatic nitrogens is 2. The zero-order valence-corrected chi connectivity index (χ0v) is 14.5. The highest BCUT2D eigenvalue weighted by molar-refractivity contribution is 7.18. The molecule has 0 spiro atoms. The number of hydrogen-bond acceptors (Lipinski definition) is 5. The average Bonchev–Trinajstić information content (AvgIpc) is 3.03. The summed E-state index contributed by atoms with van der Waals surface area (Å²) in [5.74, 6) is -0.271. The lowest BCUT2D eigenvalue weighted by atomic mass is 10.1. The number of thiazole rings is 1. The SMILES string of the molecule is CCOc1ccc(C=Cc2nc3sc(C(=O)O)cn3c(=O)c2C)cc1. The topological polar surface area (TPSA) is 80.9 Å². The van der Waals surface area contributed by atoms with Crippen molar-refractivity contribution in [3.8, 4) is 5.75 Å². The van der Waals surface area contributed by atoms with Crippen LogP contribution in [0.25, 0.3) is 17.1 Å². The molecule has 0 fully saturated rings. The Bertz CT molecular complexity index is 1020. The van der Waals surface area contributed by atoms with E-state index in [1.807, 2.05) is 37.3 Å². The molecule has 0 atom stereocenters. The van der Waals surface area contributed by atoms with E-state index in [1.165, 1.54) is 10.6 Å². The third-order valence-corrected chi connectivity index (χ3v) is 4.60. The zero-order valence-electron chi connectivity index (χ0n) is 13.7. The van der Waals surface area contributed by atoms with Gasteiger partial charge < -0.3 is 9.84 Å². The maximum atomic E-state index is 12.4. The molecule has 0 saturated heterocycles. The molecule has 0 saturated carbocycles. The maximum Gasteiger partial charge on any atom is 0.347 e. The standard InChI is InChI=1S/C18H16N2O4S/c1-3-24-13-7-4-12(5-8-13)6-9-14-11(2)16(21)20-10-15(17(22)23)25-18(20)19-14/h4-10H,3H2,1-2H3,(H,22,23). The molecule has 1 N–H and O–H groups in total. The second kappa shape index (κ2) is 6.90. The third kappa shape index (κ3) is 3.46. The molecule has 128 valence electrons. The summed E-state index contributed by atoms with van der Waals surface area (Å²) < 4.78 is 6.68. The van der Waals surface area contributed by atoms with Crippen LogP contribution in [0.2, 0.25) is 0 Å². The van der Waals surface area contributed by atoms with Gasteiger partial charge in [0.25, 0.3) is 5.56 Å². The molecule has 0 radical (unpaired) electrons. The quantitative estimate of drug-likeness (QED) is 0.758. The second-order valence-electron chi connectivity index (χ2n) is 5.32. The predicted octanol–water partition coefficient (Wildman–Crippen LogP) is 3.33. The summed E-state index contributed by atoms with van der Waals surface area (Å²) in [6.45, 7) is 4.22. The Morgan fingerprint density at radius 3 is 2.68 bits per heavy atom. The van der Waals surface area contributed by atoms with Gasteiger partial charge in [-0.2, -0.15) is 0 Å². The molecule has 0 aliphatic heterocycles.